The summed E-state index contributed by atoms with van der Waals surface area (Å²) in [5.41, 5.74) is 8.49. The Balaban J connectivity index is 1.67. The summed E-state index contributed by atoms with van der Waals surface area (Å²) in [5, 5.41) is 8.23. The number of para-hydroxylation sites is 1. The summed E-state index contributed by atoms with van der Waals surface area (Å²) in [4.78, 5) is 0. The van der Waals surface area contributed by atoms with Crippen LogP contribution in [0.5, 0.6) is 0 Å². The van der Waals surface area contributed by atoms with E-state index in [0.717, 1.165) is 13.0 Å². The first kappa shape index (κ1) is 16.2. The number of benzene rings is 5. The molecule has 1 heterocycles. The summed E-state index contributed by atoms with van der Waals surface area (Å²) in [5.74, 6) is 0. The van der Waals surface area contributed by atoms with Crippen LogP contribution in [0.1, 0.15) is 18.1 Å². The Morgan fingerprint density at radius 1 is 0.633 bits per heavy atom. The summed E-state index contributed by atoms with van der Waals surface area (Å²) in [6.07, 6.45) is 1.01. The molecule has 142 valence electrons. The maximum absolute atomic E-state index is 2.46. The highest BCUT2D eigenvalue weighted by molar-refractivity contribution is 6.19. The molecule has 0 saturated carbocycles. The van der Waals surface area contributed by atoms with Crippen LogP contribution in [-0.2, 0) is 13.0 Å². The number of rotatable bonds is 1. The average Bonchev–Trinajstić information content (AvgIpc) is 3.33. The van der Waals surface area contributed by atoms with E-state index in [4.69, 9.17) is 0 Å². The molecule has 6 aromatic rings. The van der Waals surface area contributed by atoms with Gasteiger partial charge in [-0.1, -0.05) is 66.7 Å². The molecule has 1 aromatic heterocycles. The summed E-state index contributed by atoms with van der Waals surface area (Å²) < 4.78 is 2.46. The molecule has 0 aliphatic heterocycles. The van der Waals surface area contributed by atoms with E-state index in [1.54, 1.807) is 0 Å². The molecule has 7 rings (SSSR count). The first-order valence-electron chi connectivity index (χ1n) is 10.8. The molecule has 0 atom stereocenters. The maximum Gasteiger partial charge on any atom is 0.0494 e. The smallest absolute Gasteiger partial charge is 0.0494 e. The van der Waals surface area contributed by atoms with Crippen molar-refractivity contribution < 1.29 is 0 Å². The van der Waals surface area contributed by atoms with Gasteiger partial charge in [0, 0.05) is 28.4 Å². The van der Waals surface area contributed by atoms with Crippen LogP contribution in [0.3, 0.4) is 0 Å². The number of aryl methyl sites for hydroxylation is 1. The van der Waals surface area contributed by atoms with Gasteiger partial charge in [0.25, 0.3) is 0 Å². The van der Waals surface area contributed by atoms with Crippen LogP contribution in [0.15, 0.2) is 84.9 Å². The van der Waals surface area contributed by atoms with Gasteiger partial charge in [0.05, 0.1) is 0 Å². The summed E-state index contributed by atoms with van der Waals surface area (Å²) in [7, 11) is 0. The predicted molar refractivity (Wildman–Crippen MR) is 128 cm³/mol. The van der Waals surface area contributed by atoms with E-state index >= 15 is 0 Å². The van der Waals surface area contributed by atoms with Crippen molar-refractivity contribution in [1.82, 2.24) is 4.57 Å². The van der Waals surface area contributed by atoms with Crippen molar-refractivity contribution >= 4 is 43.4 Å². The lowest BCUT2D eigenvalue weighted by atomic mass is 9.91. The van der Waals surface area contributed by atoms with Crippen LogP contribution in [0.25, 0.3) is 54.5 Å². The third-order valence-electron chi connectivity index (χ3n) is 6.99. The molecule has 0 N–H and O–H groups in total. The first-order valence-corrected chi connectivity index (χ1v) is 10.8. The van der Waals surface area contributed by atoms with Gasteiger partial charge in [-0.2, -0.15) is 0 Å². The van der Waals surface area contributed by atoms with E-state index in [2.05, 4.69) is 96.4 Å². The standard InChI is InChI=1S/C29H21N/c1-2-30-27-14-8-7-12-22(27)25-17-24-18(16-28(25)30)15-26-21-11-4-3-9-19(21)20-10-5-6-13-23(20)29(24)26/h3-14,16-17H,2,15H2,1H3. The Kier molecular flexibility index (Phi) is 3.10. The fourth-order valence-corrected chi connectivity index (χ4v) is 5.75. The van der Waals surface area contributed by atoms with Crippen LogP contribution in [0.2, 0.25) is 0 Å². The Bertz CT molecular complexity index is 1650. The zero-order valence-electron chi connectivity index (χ0n) is 16.9. The molecule has 0 amide bonds. The number of aromatic nitrogens is 1. The second-order valence-electron chi connectivity index (χ2n) is 8.41. The zero-order valence-corrected chi connectivity index (χ0v) is 16.9. The topological polar surface area (TPSA) is 4.93 Å². The Morgan fingerprint density at radius 2 is 1.27 bits per heavy atom. The minimum absolute atomic E-state index is 0.988. The molecule has 0 radical (unpaired) electrons. The van der Waals surface area contributed by atoms with E-state index in [-0.39, 0.29) is 0 Å². The average molecular weight is 383 g/mol. The number of hydrogen-bond acceptors (Lipinski definition) is 0. The molecule has 1 aliphatic carbocycles. The minimum Gasteiger partial charge on any atom is -0.341 e. The number of fused-ring (bicyclic) bond motifs is 11. The Labute approximate surface area is 175 Å². The fraction of sp³-hybridized carbons (Fsp3) is 0.103. The molecule has 1 aliphatic rings. The van der Waals surface area contributed by atoms with E-state index in [1.165, 1.54) is 65.6 Å². The highest BCUT2D eigenvalue weighted by Crippen LogP contribution is 2.48. The van der Waals surface area contributed by atoms with Gasteiger partial charge in [-0.15, -0.1) is 0 Å². The summed E-state index contributed by atoms with van der Waals surface area (Å²) >= 11 is 0. The van der Waals surface area contributed by atoms with Crippen molar-refractivity contribution in [2.75, 3.05) is 0 Å². The lowest BCUT2D eigenvalue weighted by Crippen LogP contribution is -1.93. The molecule has 0 unspecified atom stereocenters. The number of hydrogen-bond donors (Lipinski definition) is 0. The molecule has 1 heteroatoms. The van der Waals surface area contributed by atoms with E-state index in [0.29, 0.717) is 0 Å². The van der Waals surface area contributed by atoms with Crippen LogP contribution in [-0.4, -0.2) is 4.57 Å². The lowest BCUT2D eigenvalue weighted by Gasteiger charge is -2.12. The number of nitrogens with zero attached hydrogens (tertiary/aromatic N) is 1. The Hall–Kier alpha value is -3.58. The Morgan fingerprint density at radius 3 is 2.03 bits per heavy atom. The van der Waals surface area contributed by atoms with Crippen molar-refractivity contribution in [3.05, 3.63) is 96.1 Å². The fourth-order valence-electron chi connectivity index (χ4n) is 5.75. The second-order valence-corrected chi connectivity index (χ2v) is 8.41. The largest absolute Gasteiger partial charge is 0.341 e. The highest BCUT2D eigenvalue weighted by Gasteiger charge is 2.25. The van der Waals surface area contributed by atoms with Crippen LogP contribution in [0.4, 0.5) is 0 Å². The van der Waals surface area contributed by atoms with Gasteiger partial charge in [-0.3, -0.25) is 0 Å². The van der Waals surface area contributed by atoms with Crippen molar-refractivity contribution in [3.8, 4) is 11.1 Å². The summed E-state index contributed by atoms with van der Waals surface area (Å²) in [6.45, 7) is 3.23. The third kappa shape index (κ3) is 1.92. The first-order chi connectivity index (χ1) is 14.8. The van der Waals surface area contributed by atoms with Gasteiger partial charge < -0.3 is 4.57 Å². The summed E-state index contributed by atoms with van der Waals surface area (Å²) in [6, 6.07) is 31.6. The molecular weight excluding hydrogens is 362 g/mol. The van der Waals surface area contributed by atoms with Crippen molar-refractivity contribution in [2.45, 2.75) is 19.9 Å². The molecule has 1 nitrogen and oxygen atoms in total. The van der Waals surface area contributed by atoms with E-state index in [9.17, 15) is 0 Å². The van der Waals surface area contributed by atoms with E-state index in [1.807, 2.05) is 0 Å². The van der Waals surface area contributed by atoms with E-state index < -0.39 is 0 Å². The van der Waals surface area contributed by atoms with Gasteiger partial charge in [0.1, 0.15) is 0 Å². The normalized spacial score (nSPS) is 12.8. The van der Waals surface area contributed by atoms with Crippen molar-refractivity contribution in [1.29, 1.82) is 0 Å². The minimum atomic E-state index is 0.988. The van der Waals surface area contributed by atoms with Gasteiger partial charge in [0.2, 0.25) is 0 Å². The maximum atomic E-state index is 2.46. The van der Waals surface area contributed by atoms with Crippen molar-refractivity contribution in [3.63, 3.8) is 0 Å². The molecular formula is C29H21N. The highest BCUT2D eigenvalue weighted by atomic mass is 15.0. The monoisotopic (exact) mass is 383 g/mol. The van der Waals surface area contributed by atoms with Gasteiger partial charge in [0.15, 0.2) is 0 Å². The zero-order chi connectivity index (χ0) is 19.8. The SMILES string of the molecule is CCn1c2ccccc2c2cc3c(cc21)Cc1c-3c2ccccc2c2ccccc12. The lowest BCUT2D eigenvalue weighted by molar-refractivity contribution is 0.827. The quantitative estimate of drug-likeness (QED) is 0.256. The van der Waals surface area contributed by atoms with Crippen LogP contribution < -0.4 is 0 Å². The van der Waals surface area contributed by atoms with Gasteiger partial charge >= 0.3 is 0 Å². The van der Waals surface area contributed by atoms with Crippen LogP contribution >= 0.6 is 0 Å². The molecule has 5 aromatic carbocycles. The van der Waals surface area contributed by atoms with Crippen LogP contribution in [0, 0.1) is 0 Å². The van der Waals surface area contributed by atoms with Gasteiger partial charge in [-0.25, -0.2) is 0 Å². The molecule has 0 spiro atoms. The molecule has 30 heavy (non-hydrogen) atoms. The molecule has 0 saturated heterocycles. The van der Waals surface area contributed by atoms with Crippen molar-refractivity contribution in [2.24, 2.45) is 0 Å². The molecule has 0 bridgehead atoms. The van der Waals surface area contributed by atoms with Gasteiger partial charge in [-0.05, 0) is 75.3 Å². The molecule has 0 fully saturated rings. The predicted octanol–water partition coefficient (Wildman–Crippen LogP) is 7.69. The third-order valence-corrected chi connectivity index (χ3v) is 6.99. The second kappa shape index (κ2) is 5.73.